The summed E-state index contributed by atoms with van der Waals surface area (Å²) in [4.78, 5) is 13.2. The molecule has 0 saturated heterocycles. The smallest absolute Gasteiger partial charge is 0.134 e. The molecule has 68 heavy (non-hydrogen) atoms. The van der Waals surface area contributed by atoms with Crippen LogP contribution in [0.5, 0.6) is 0 Å². The molecule has 12 rings (SSSR count). The first-order valence-electron chi connectivity index (χ1n) is 22.0. The van der Waals surface area contributed by atoms with Crippen LogP contribution >= 0.6 is 57.1 Å². The predicted molar refractivity (Wildman–Crippen MR) is 291 cm³/mol. The number of benzene rings is 7. The quantitative estimate of drug-likeness (QED) is 0.122. The van der Waals surface area contributed by atoms with Gasteiger partial charge in [-0.1, -0.05) is 97.1 Å². The van der Waals surface area contributed by atoms with Crippen LogP contribution in [0.2, 0.25) is 0 Å². The summed E-state index contributed by atoms with van der Waals surface area (Å²) < 4.78 is 25.9. The lowest BCUT2D eigenvalue weighted by molar-refractivity contribution is 0.633. The topological polar surface area (TPSA) is 32.3 Å². The second-order valence-electron chi connectivity index (χ2n) is 16.0. The molecular formula is C58H37FN4S5. The Balaban J connectivity index is 0.772. The first kappa shape index (κ1) is 42.1. The molecule has 0 amide bonds. The summed E-state index contributed by atoms with van der Waals surface area (Å²) in [6.45, 7) is 0. The van der Waals surface area contributed by atoms with E-state index in [1.807, 2.05) is 30.3 Å². The Bertz CT molecular complexity index is 3560. The highest BCUT2D eigenvalue weighted by Gasteiger charge is 2.22. The first-order chi connectivity index (χ1) is 33.6. The van der Waals surface area contributed by atoms with Crippen molar-refractivity contribution in [3.63, 3.8) is 0 Å². The normalized spacial score (nSPS) is 11.3. The van der Waals surface area contributed by atoms with Gasteiger partial charge in [0.1, 0.15) is 16.9 Å². The van der Waals surface area contributed by atoms with E-state index in [4.69, 9.17) is 4.37 Å². The van der Waals surface area contributed by atoms with Gasteiger partial charge in [-0.2, -0.15) is 8.75 Å². The van der Waals surface area contributed by atoms with E-state index >= 15 is 4.39 Å². The van der Waals surface area contributed by atoms with Gasteiger partial charge in [0.25, 0.3) is 0 Å². The van der Waals surface area contributed by atoms with Crippen LogP contribution in [0.25, 0.3) is 72.3 Å². The number of aromatic nitrogens is 2. The lowest BCUT2D eigenvalue weighted by Gasteiger charge is -2.25. The lowest BCUT2D eigenvalue weighted by atomic mass is 10.1. The van der Waals surface area contributed by atoms with Crippen LogP contribution in [0, 0.1) is 5.82 Å². The molecule has 0 atom stereocenters. The fourth-order valence-electron chi connectivity index (χ4n) is 8.55. The van der Waals surface area contributed by atoms with Crippen molar-refractivity contribution < 1.29 is 4.39 Å². The molecule has 5 aromatic heterocycles. The number of nitrogens with zero attached hydrogens (tertiary/aromatic N) is 4. The van der Waals surface area contributed by atoms with Crippen LogP contribution in [0.3, 0.4) is 0 Å². The van der Waals surface area contributed by atoms with Crippen LogP contribution in [0.1, 0.15) is 0 Å². The largest absolute Gasteiger partial charge is 0.311 e. The van der Waals surface area contributed by atoms with Gasteiger partial charge in [-0.15, -0.1) is 45.3 Å². The molecular weight excluding hydrogens is 932 g/mol. The molecule has 0 unspecified atom stereocenters. The van der Waals surface area contributed by atoms with Crippen LogP contribution in [0.4, 0.5) is 38.5 Å². The summed E-state index contributed by atoms with van der Waals surface area (Å²) in [7, 11) is 0. The summed E-state index contributed by atoms with van der Waals surface area (Å²) in [5.74, 6) is -0.296. The summed E-state index contributed by atoms with van der Waals surface area (Å²) in [6.07, 6.45) is 0. The highest BCUT2D eigenvalue weighted by Crippen LogP contribution is 2.47. The zero-order valence-electron chi connectivity index (χ0n) is 36.1. The molecule has 0 spiro atoms. The van der Waals surface area contributed by atoms with Gasteiger partial charge >= 0.3 is 0 Å². The molecule has 0 bridgehead atoms. The molecule has 0 N–H and O–H groups in total. The Kier molecular flexibility index (Phi) is 11.4. The van der Waals surface area contributed by atoms with E-state index in [0.717, 1.165) is 97.3 Å². The van der Waals surface area contributed by atoms with Crippen LogP contribution in [-0.2, 0) is 0 Å². The number of halogens is 1. The minimum absolute atomic E-state index is 0.296. The fourth-order valence-corrected chi connectivity index (χ4v) is 13.4. The number of fused-ring (bicyclic) bond motifs is 1. The summed E-state index contributed by atoms with van der Waals surface area (Å²) >= 11 is 7.87. The Morgan fingerprint density at radius 3 is 1.06 bits per heavy atom. The number of hydrogen-bond acceptors (Lipinski definition) is 9. The molecule has 10 heteroatoms. The van der Waals surface area contributed by atoms with E-state index in [2.05, 4.69) is 202 Å². The maximum atomic E-state index is 16.5. The number of rotatable bonds is 12. The molecule has 0 aliphatic rings. The number of anilines is 6. The maximum absolute atomic E-state index is 16.5. The van der Waals surface area contributed by atoms with Crippen molar-refractivity contribution in [3.05, 3.63) is 230 Å². The summed E-state index contributed by atoms with van der Waals surface area (Å²) in [6, 6.07) is 77.9. The second kappa shape index (κ2) is 18.4. The van der Waals surface area contributed by atoms with E-state index in [0.29, 0.717) is 11.1 Å². The van der Waals surface area contributed by atoms with Gasteiger partial charge in [-0.05, 0) is 139 Å². The minimum Gasteiger partial charge on any atom is -0.311 e. The van der Waals surface area contributed by atoms with Crippen LogP contribution in [-0.4, -0.2) is 8.75 Å². The van der Waals surface area contributed by atoms with Crippen molar-refractivity contribution in [1.29, 1.82) is 0 Å². The predicted octanol–water partition coefficient (Wildman–Crippen LogP) is 19.0. The highest BCUT2D eigenvalue weighted by atomic mass is 32.1. The maximum Gasteiger partial charge on any atom is 0.134 e. The Morgan fingerprint density at radius 2 is 0.632 bits per heavy atom. The van der Waals surface area contributed by atoms with Crippen molar-refractivity contribution in [2.75, 3.05) is 9.80 Å². The van der Waals surface area contributed by atoms with Gasteiger partial charge in [0.05, 0.1) is 17.3 Å². The van der Waals surface area contributed by atoms with E-state index in [-0.39, 0.29) is 5.82 Å². The van der Waals surface area contributed by atoms with Crippen molar-refractivity contribution in [2.45, 2.75) is 0 Å². The van der Waals surface area contributed by atoms with Gasteiger partial charge in [0.2, 0.25) is 0 Å². The first-order valence-corrected chi connectivity index (χ1v) is 26.0. The Labute approximate surface area is 413 Å². The van der Waals surface area contributed by atoms with E-state index < -0.39 is 0 Å². The van der Waals surface area contributed by atoms with Crippen molar-refractivity contribution in [1.82, 2.24) is 8.75 Å². The standard InChI is InChI=1S/C58H37FN4S5/c59-47-37-46(50-31-34-53(66-50)51-32-29-48(64-51)38-21-25-44(26-22-38)62(40-13-5-1-6-14-40)41-15-7-2-8-16-41)57-58(61-68-60-57)56(47)55-36-35-54(67-55)52-33-30-49(65-52)39-23-27-45(28-24-39)63(42-17-9-3-10-18-42)43-19-11-4-12-20-43/h1-37H. The summed E-state index contributed by atoms with van der Waals surface area (Å²) in [5.41, 5.74) is 11.5. The SMILES string of the molecule is Fc1cc(-c2ccc(-c3ccc(-c4ccc(N(c5ccccc5)c5ccccc5)cc4)s3)s2)c2nsnc2c1-c1ccc(-c2ccc(-c3ccc(N(c4ccccc4)c4ccccc4)cc3)s2)s1. The fraction of sp³-hybridized carbons (Fsp3) is 0. The van der Waals surface area contributed by atoms with Gasteiger partial charge in [-0.3, -0.25) is 0 Å². The third kappa shape index (κ3) is 8.16. The van der Waals surface area contributed by atoms with Crippen LogP contribution < -0.4 is 9.80 Å². The minimum atomic E-state index is -0.296. The van der Waals surface area contributed by atoms with Crippen LogP contribution in [0.15, 0.2) is 224 Å². The molecule has 0 fully saturated rings. The van der Waals surface area contributed by atoms with Gasteiger partial charge < -0.3 is 9.80 Å². The molecule has 0 aliphatic heterocycles. The van der Waals surface area contributed by atoms with E-state index in [9.17, 15) is 0 Å². The lowest BCUT2D eigenvalue weighted by Crippen LogP contribution is -2.09. The second-order valence-corrected chi connectivity index (χ2v) is 20.9. The molecule has 326 valence electrons. The third-order valence-corrected chi connectivity index (χ3v) is 17.2. The summed E-state index contributed by atoms with van der Waals surface area (Å²) in [5, 5.41) is 0. The third-order valence-electron chi connectivity index (χ3n) is 11.8. The molecule has 12 aromatic rings. The molecule has 7 aromatic carbocycles. The van der Waals surface area contributed by atoms with Crippen molar-refractivity contribution in [2.24, 2.45) is 0 Å². The van der Waals surface area contributed by atoms with Crippen molar-refractivity contribution >= 4 is 102 Å². The average molecular weight is 969 g/mol. The van der Waals surface area contributed by atoms with Gasteiger partial charge in [-0.25, -0.2) is 4.39 Å². The molecule has 0 aliphatic carbocycles. The molecule has 4 nitrogen and oxygen atoms in total. The van der Waals surface area contributed by atoms with Gasteiger partial charge in [0, 0.05) is 78.7 Å². The monoisotopic (exact) mass is 968 g/mol. The zero-order valence-corrected chi connectivity index (χ0v) is 40.2. The Hall–Kier alpha value is -7.31. The number of hydrogen-bond donors (Lipinski definition) is 0. The number of para-hydroxylation sites is 4. The number of thiophene rings is 4. The van der Waals surface area contributed by atoms with Crippen molar-refractivity contribution in [3.8, 4) is 61.3 Å². The Morgan fingerprint density at radius 1 is 0.309 bits per heavy atom. The molecule has 0 radical (unpaired) electrons. The molecule has 5 heterocycles. The molecule has 0 saturated carbocycles. The van der Waals surface area contributed by atoms with Gasteiger partial charge in [0.15, 0.2) is 0 Å². The zero-order chi connectivity index (χ0) is 45.4. The average Bonchev–Trinajstić information content (AvgIpc) is 4.27. The highest BCUT2D eigenvalue weighted by molar-refractivity contribution is 7.26. The van der Waals surface area contributed by atoms with E-state index in [1.165, 1.54) is 9.75 Å². The van der Waals surface area contributed by atoms with E-state index in [1.54, 1.807) is 51.4 Å².